The van der Waals surface area contributed by atoms with Crippen LogP contribution in [0.1, 0.15) is 39.2 Å². The molecule has 5 nitrogen and oxygen atoms in total. The zero-order valence-corrected chi connectivity index (χ0v) is 14.5. The van der Waals surface area contributed by atoms with E-state index in [0.717, 1.165) is 28.0 Å². The first-order chi connectivity index (χ1) is 11.5. The Kier molecular flexibility index (Phi) is 4.66. The van der Waals surface area contributed by atoms with Gasteiger partial charge in [-0.3, -0.25) is 14.6 Å². The summed E-state index contributed by atoms with van der Waals surface area (Å²) in [4.78, 5) is 31.5. The number of likely N-dealkylation sites (tertiary alicyclic amines) is 1. The highest BCUT2D eigenvalue weighted by Crippen LogP contribution is 2.34. The van der Waals surface area contributed by atoms with E-state index in [1.807, 2.05) is 25.3 Å². The Morgan fingerprint density at radius 2 is 2.21 bits per heavy atom. The van der Waals surface area contributed by atoms with E-state index < -0.39 is 11.9 Å². The molecule has 0 unspecified atom stereocenters. The third-order valence-corrected chi connectivity index (χ3v) is 5.68. The van der Waals surface area contributed by atoms with Gasteiger partial charge < -0.3 is 10.0 Å². The molecule has 24 heavy (non-hydrogen) atoms. The van der Waals surface area contributed by atoms with Gasteiger partial charge in [0.25, 0.3) is 5.91 Å². The van der Waals surface area contributed by atoms with Gasteiger partial charge in [0.15, 0.2) is 0 Å². The van der Waals surface area contributed by atoms with Crippen LogP contribution in [0.25, 0.3) is 0 Å². The lowest BCUT2D eigenvalue weighted by Gasteiger charge is -2.17. The van der Waals surface area contributed by atoms with Gasteiger partial charge in [-0.25, -0.2) is 0 Å². The number of aryl methyl sites for hydroxylation is 1. The summed E-state index contributed by atoms with van der Waals surface area (Å²) in [7, 11) is 0. The Morgan fingerprint density at radius 1 is 1.42 bits per heavy atom. The maximum atomic E-state index is 12.9. The Hall–Kier alpha value is -2.21. The third kappa shape index (κ3) is 2.94. The second-order valence-electron chi connectivity index (χ2n) is 6.09. The fourth-order valence-corrected chi connectivity index (χ4v) is 4.36. The molecule has 0 aliphatic carbocycles. The molecule has 1 N–H and O–H groups in total. The smallest absolute Gasteiger partial charge is 0.308 e. The molecule has 126 valence electrons. The Balaban J connectivity index is 1.88. The van der Waals surface area contributed by atoms with Crippen LogP contribution < -0.4 is 0 Å². The first-order valence-corrected chi connectivity index (χ1v) is 8.89. The summed E-state index contributed by atoms with van der Waals surface area (Å²) in [5, 5.41) is 11.5. The maximum Gasteiger partial charge on any atom is 0.308 e. The standard InChI is InChI=1S/C18H20N2O3S/c1-3-13-11(2)24-10-16(13)17(21)20-8-14(15(9-20)18(22)23)12-5-4-6-19-7-12/h4-7,10,14-15H,3,8-9H2,1-2H3,(H,22,23)/t14-,15+/m1/s1. The van der Waals surface area contributed by atoms with Gasteiger partial charge in [-0.2, -0.15) is 0 Å². The van der Waals surface area contributed by atoms with E-state index in [0.29, 0.717) is 6.54 Å². The van der Waals surface area contributed by atoms with Gasteiger partial charge in [0.05, 0.1) is 11.5 Å². The van der Waals surface area contributed by atoms with Gasteiger partial charge in [0, 0.05) is 41.7 Å². The molecule has 1 aliphatic heterocycles. The zero-order valence-electron chi connectivity index (χ0n) is 13.7. The van der Waals surface area contributed by atoms with E-state index in [-0.39, 0.29) is 18.4 Å². The maximum absolute atomic E-state index is 12.9. The highest BCUT2D eigenvalue weighted by molar-refractivity contribution is 7.10. The molecular weight excluding hydrogens is 324 g/mol. The Bertz CT molecular complexity index is 757. The fourth-order valence-electron chi connectivity index (χ4n) is 3.42. The number of nitrogens with zero attached hydrogens (tertiary/aromatic N) is 2. The van der Waals surface area contributed by atoms with Gasteiger partial charge in [0.2, 0.25) is 0 Å². The van der Waals surface area contributed by atoms with Crippen molar-refractivity contribution in [3.63, 3.8) is 0 Å². The average Bonchev–Trinajstić information content (AvgIpc) is 3.19. The lowest BCUT2D eigenvalue weighted by molar-refractivity contribution is -0.141. The third-order valence-electron chi connectivity index (χ3n) is 4.72. The minimum atomic E-state index is -0.864. The number of carboxylic acids is 1. The van der Waals surface area contributed by atoms with Crippen molar-refractivity contribution < 1.29 is 14.7 Å². The molecule has 0 bridgehead atoms. The van der Waals surface area contributed by atoms with Crippen molar-refractivity contribution in [1.82, 2.24) is 9.88 Å². The lowest BCUT2D eigenvalue weighted by Crippen LogP contribution is -2.30. The van der Waals surface area contributed by atoms with Gasteiger partial charge >= 0.3 is 5.97 Å². The predicted octanol–water partition coefficient (Wildman–Crippen LogP) is 2.95. The molecule has 1 aliphatic rings. The average molecular weight is 344 g/mol. The number of amides is 1. The molecule has 1 fully saturated rings. The molecule has 2 aromatic rings. The van der Waals surface area contributed by atoms with Crippen LogP contribution in [0.5, 0.6) is 0 Å². The van der Waals surface area contributed by atoms with Gasteiger partial charge in [-0.15, -0.1) is 11.3 Å². The molecule has 3 rings (SSSR count). The van der Waals surface area contributed by atoms with Crippen LogP contribution in [0.2, 0.25) is 0 Å². The molecule has 0 spiro atoms. The van der Waals surface area contributed by atoms with Crippen molar-refractivity contribution in [2.24, 2.45) is 5.92 Å². The van der Waals surface area contributed by atoms with Crippen LogP contribution >= 0.6 is 11.3 Å². The Morgan fingerprint density at radius 3 is 2.83 bits per heavy atom. The second-order valence-corrected chi connectivity index (χ2v) is 7.17. The van der Waals surface area contributed by atoms with Crippen molar-refractivity contribution in [2.45, 2.75) is 26.2 Å². The normalized spacial score (nSPS) is 20.3. The van der Waals surface area contributed by atoms with Crippen LogP contribution in [0.3, 0.4) is 0 Å². The fraction of sp³-hybridized carbons (Fsp3) is 0.389. The van der Waals surface area contributed by atoms with Gasteiger partial charge in [-0.1, -0.05) is 13.0 Å². The summed E-state index contributed by atoms with van der Waals surface area (Å²) >= 11 is 1.57. The van der Waals surface area contributed by atoms with Crippen molar-refractivity contribution >= 4 is 23.2 Å². The number of thiophene rings is 1. The molecule has 2 aromatic heterocycles. The number of aromatic nitrogens is 1. The lowest BCUT2D eigenvalue weighted by atomic mass is 9.90. The van der Waals surface area contributed by atoms with Gasteiger partial charge in [0.1, 0.15) is 0 Å². The molecule has 1 amide bonds. The summed E-state index contributed by atoms with van der Waals surface area (Å²) in [5.74, 6) is -1.74. The summed E-state index contributed by atoms with van der Waals surface area (Å²) in [6.07, 6.45) is 4.16. The number of aliphatic carboxylic acids is 1. The van der Waals surface area contributed by atoms with E-state index in [1.54, 1.807) is 34.7 Å². The van der Waals surface area contributed by atoms with Crippen LogP contribution in [0.15, 0.2) is 29.9 Å². The van der Waals surface area contributed by atoms with E-state index in [9.17, 15) is 14.7 Å². The van der Waals surface area contributed by atoms with Crippen LogP contribution in [0, 0.1) is 12.8 Å². The molecule has 6 heteroatoms. The van der Waals surface area contributed by atoms with Crippen LogP contribution in [-0.4, -0.2) is 40.0 Å². The quantitative estimate of drug-likeness (QED) is 0.926. The van der Waals surface area contributed by atoms with Crippen molar-refractivity contribution in [3.8, 4) is 0 Å². The van der Waals surface area contributed by atoms with Gasteiger partial charge in [-0.05, 0) is 30.5 Å². The molecular formula is C18H20N2O3S. The van der Waals surface area contributed by atoms with Crippen molar-refractivity contribution in [2.75, 3.05) is 13.1 Å². The van der Waals surface area contributed by atoms with Crippen molar-refractivity contribution in [3.05, 3.63) is 51.5 Å². The summed E-state index contributed by atoms with van der Waals surface area (Å²) < 4.78 is 0. The number of carbonyl (C=O) groups excluding carboxylic acids is 1. The highest BCUT2D eigenvalue weighted by atomic mass is 32.1. The van der Waals surface area contributed by atoms with Crippen LogP contribution in [0.4, 0.5) is 0 Å². The largest absolute Gasteiger partial charge is 0.481 e. The Labute approximate surface area is 145 Å². The minimum Gasteiger partial charge on any atom is -0.481 e. The minimum absolute atomic E-state index is 0.0613. The molecule has 0 radical (unpaired) electrons. The monoisotopic (exact) mass is 344 g/mol. The predicted molar refractivity (Wildman–Crippen MR) is 92.4 cm³/mol. The molecule has 1 saturated heterocycles. The summed E-state index contributed by atoms with van der Waals surface area (Å²) in [6.45, 7) is 4.71. The van der Waals surface area contributed by atoms with Crippen LogP contribution in [-0.2, 0) is 11.2 Å². The van der Waals surface area contributed by atoms with E-state index >= 15 is 0 Å². The molecule has 2 atom stereocenters. The first-order valence-electron chi connectivity index (χ1n) is 8.01. The van der Waals surface area contributed by atoms with E-state index in [1.165, 1.54) is 0 Å². The summed E-state index contributed by atoms with van der Waals surface area (Å²) in [6, 6.07) is 3.68. The topological polar surface area (TPSA) is 70.5 Å². The summed E-state index contributed by atoms with van der Waals surface area (Å²) in [5.41, 5.74) is 2.66. The number of pyridine rings is 1. The van der Waals surface area contributed by atoms with E-state index in [4.69, 9.17) is 0 Å². The van der Waals surface area contributed by atoms with E-state index in [2.05, 4.69) is 4.98 Å². The molecule has 0 aromatic carbocycles. The number of rotatable bonds is 4. The number of hydrogen-bond acceptors (Lipinski definition) is 4. The first kappa shape index (κ1) is 16.6. The highest BCUT2D eigenvalue weighted by Gasteiger charge is 2.41. The second kappa shape index (κ2) is 6.73. The molecule has 3 heterocycles. The SMILES string of the molecule is CCc1c(C(=O)N2C[C@H](C(=O)O)[C@@H](c3cccnc3)C2)csc1C. The zero-order chi connectivity index (χ0) is 17.3. The van der Waals surface area contributed by atoms with Crippen molar-refractivity contribution in [1.29, 1.82) is 0 Å². The number of carbonyl (C=O) groups is 2. The number of carboxylic acid groups (broad SMARTS) is 1. The number of hydrogen-bond donors (Lipinski definition) is 1. The molecule has 0 saturated carbocycles.